The van der Waals surface area contributed by atoms with Crippen LogP contribution in [0.4, 0.5) is 0 Å². The smallest absolute Gasteiger partial charge is 0.313 e. The van der Waals surface area contributed by atoms with E-state index in [1.165, 1.54) is 12.5 Å². The van der Waals surface area contributed by atoms with Gasteiger partial charge in [0, 0.05) is 51.0 Å². The highest BCUT2D eigenvalue weighted by atomic mass is 16.5. The van der Waals surface area contributed by atoms with Crippen molar-refractivity contribution in [3.8, 4) is 11.3 Å². The molecule has 6 heteroatoms. The number of aromatic nitrogens is 1. The Labute approximate surface area is 172 Å². The second-order valence-corrected chi connectivity index (χ2v) is 7.45. The van der Waals surface area contributed by atoms with Crippen LogP contribution >= 0.6 is 0 Å². The predicted octanol–water partition coefficient (Wildman–Crippen LogP) is 2.78. The Morgan fingerprint density at radius 1 is 1.00 bits per heavy atom. The molecule has 0 spiro atoms. The van der Waals surface area contributed by atoms with E-state index in [4.69, 9.17) is 4.74 Å². The molecule has 0 bridgehead atoms. The zero-order chi connectivity index (χ0) is 20.5. The van der Waals surface area contributed by atoms with Gasteiger partial charge in [0.2, 0.25) is 0 Å². The van der Waals surface area contributed by atoms with E-state index >= 15 is 0 Å². The fourth-order valence-corrected chi connectivity index (χ4v) is 3.56. The average Bonchev–Trinajstić information content (AvgIpc) is 2.73. The minimum absolute atomic E-state index is 0.127. The van der Waals surface area contributed by atoms with Gasteiger partial charge in [-0.05, 0) is 25.0 Å². The number of benzene rings is 1. The van der Waals surface area contributed by atoms with Crippen LogP contribution in [0.1, 0.15) is 25.3 Å². The summed E-state index contributed by atoms with van der Waals surface area (Å²) in [6.07, 6.45) is 2.52. The number of piperazine rings is 1. The third-order valence-electron chi connectivity index (χ3n) is 5.07. The highest BCUT2D eigenvalue weighted by Gasteiger charge is 2.18. The van der Waals surface area contributed by atoms with Gasteiger partial charge in [-0.3, -0.25) is 19.5 Å². The molecule has 1 aliphatic heterocycles. The monoisotopic (exact) mass is 395 g/mol. The van der Waals surface area contributed by atoms with Crippen LogP contribution in [0.15, 0.2) is 48.7 Å². The summed E-state index contributed by atoms with van der Waals surface area (Å²) < 4.78 is 5.10. The van der Waals surface area contributed by atoms with Crippen LogP contribution in [0.2, 0.25) is 0 Å². The average molecular weight is 396 g/mol. The van der Waals surface area contributed by atoms with Crippen molar-refractivity contribution in [2.45, 2.75) is 26.3 Å². The maximum absolute atomic E-state index is 11.4. The first kappa shape index (κ1) is 21.1. The molecule has 1 aromatic carbocycles. The summed E-state index contributed by atoms with van der Waals surface area (Å²) in [6, 6.07) is 14.5. The van der Waals surface area contributed by atoms with Crippen molar-refractivity contribution < 1.29 is 14.3 Å². The molecule has 1 aliphatic rings. The van der Waals surface area contributed by atoms with Crippen molar-refractivity contribution in [2.24, 2.45) is 0 Å². The maximum Gasteiger partial charge on any atom is 0.313 e. The van der Waals surface area contributed by atoms with Gasteiger partial charge in [0.1, 0.15) is 12.2 Å². The summed E-state index contributed by atoms with van der Waals surface area (Å²) in [5, 5.41) is 0. The fraction of sp³-hybridized carbons (Fsp3) is 0.435. The molecule has 2 heterocycles. The Balaban J connectivity index is 1.42. The number of carbonyl (C=O) groups is 2. The molecule has 0 radical (unpaired) electrons. The molecule has 2 aromatic rings. The molecular weight excluding hydrogens is 366 g/mol. The normalized spacial score (nSPS) is 15.2. The van der Waals surface area contributed by atoms with Gasteiger partial charge in [0.05, 0.1) is 12.3 Å². The molecule has 29 heavy (non-hydrogen) atoms. The number of hydrogen-bond donors (Lipinski definition) is 0. The van der Waals surface area contributed by atoms with Crippen LogP contribution in [0, 0.1) is 0 Å². The molecule has 0 atom stereocenters. The Morgan fingerprint density at radius 3 is 2.45 bits per heavy atom. The van der Waals surface area contributed by atoms with Crippen molar-refractivity contribution in [2.75, 3.05) is 39.3 Å². The first-order chi connectivity index (χ1) is 14.1. The third kappa shape index (κ3) is 6.76. The van der Waals surface area contributed by atoms with E-state index in [2.05, 4.69) is 33.0 Å². The van der Waals surface area contributed by atoms with Crippen LogP contribution in [0.25, 0.3) is 11.3 Å². The predicted molar refractivity (Wildman–Crippen MR) is 112 cm³/mol. The zero-order valence-electron chi connectivity index (χ0n) is 17.0. The maximum atomic E-state index is 11.4. The van der Waals surface area contributed by atoms with Gasteiger partial charge in [0.25, 0.3) is 0 Å². The molecule has 0 aliphatic carbocycles. The largest absolute Gasteiger partial charge is 0.465 e. The van der Waals surface area contributed by atoms with Crippen molar-refractivity contribution in [3.05, 3.63) is 54.2 Å². The van der Waals surface area contributed by atoms with Crippen LogP contribution < -0.4 is 0 Å². The highest BCUT2D eigenvalue weighted by Crippen LogP contribution is 2.22. The zero-order valence-corrected chi connectivity index (χ0v) is 17.0. The van der Waals surface area contributed by atoms with Gasteiger partial charge in [-0.15, -0.1) is 0 Å². The first-order valence-electron chi connectivity index (χ1n) is 10.2. The Kier molecular flexibility index (Phi) is 7.90. The van der Waals surface area contributed by atoms with Gasteiger partial charge in [-0.25, -0.2) is 0 Å². The number of Topliss-reactive ketones (excluding diaryl/α,β-unsaturated/α-hetero) is 1. The van der Waals surface area contributed by atoms with Gasteiger partial charge >= 0.3 is 5.97 Å². The van der Waals surface area contributed by atoms with Crippen molar-refractivity contribution in [1.82, 2.24) is 14.8 Å². The van der Waals surface area contributed by atoms with Crippen LogP contribution in [-0.4, -0.2) is 65.9 Å². The van der Waals surface area contributed by atoms with E-state index < -0.39 is 5.97 Å². The molecular formula is C23H29N3O3. The summed E-state index contributed by atoms with van der Waals surface area (Å²) in [6.45, 7) is 7.60. The van der Waals surface area contributed by atoms with E-state index in [0.29, 0.717) is 6.61 Å². The van der Waals surface area contributed by atoms with Crippen LogP contribution in [0.5, 0.6) is 0 Å². The minimum atomic E-state index is -0.423. The third-order valence-corrected chi connectivity index (χ3v) is 5.07. The lowest BCUT2D eigenvalue weighted by atomic mass is 10.1. The number of esters is 1. The van der Waals surface area contributed by atoms with E-state index in [-0.39, 0.29) is 12.2 Å². The Hall–Kier alpha value is -2.57. The second kappa shape index (κ2) is 10.8. The molecule has 1 aromatic heterocycles. The van der Waals surface area contributed by atoms with Gasteiger partial charge in [-0.2, -0.15) is 0 Å². The summed E-state index contributed by atoms with van der Waals surface area (Å²) in [4.78, 5) is 31.7. The lowest BCUT2D eigenvalue weighted by molar-refractivity contribution is -0.145. The molecule has 154 valence electrons. The molecule has 1 fully saturated rings. The number of pyridine rings is 1. The molecule has 0 amide bonds. The van der Waals surface area contributed by atoms with Crippen molar-refractivity contribution >= 4 is 11.8 Å². The Morgan fingerprint density at radius 2 is 1.72 bits per heavy atom. The summed E-state index contributed by atoms with van der Waals surface area (Å²) in [5.41, 5.74) is 3.47. The fourth-order valence-electron chi connectivity index (χ4n) is 3.56. The van der Waals surface area contributed by atoms with E-state index in [0.717, 1.165) is 56.9 Å². The lowest BCUT2D eigenvalue weighted by Gasteiger charge is -2.34. The van der Waals surface area contributed by atoms with Gasteiger partial charge < -0.3 is 9.64 Å². The highest BCUT2D eigenvalue weighted by molar-refractivity contribution is 5.94. The SMILES string of the molecule is CC(=O)CC(=O)OCCCN1CCN(Cc2cccnc2-c2ccccc2)CC1. The molecule has 6 nitrogen and oxygen atoms in total. The number of rotatable bonds is 9. The van der Waals surface area contributed by atoms with E-state index in [9.17, 15) is 9.59 Å². The number of carbonyl (C=O) groups excluding carboxylic acids is 2. The van der Waals surface area contributed by atoms with Gasteiger partial charge in [0.15, 0.2) is 0 Å². The quantitative estimate of drug-likeness (QED) is 0.370. The molecule has 3 rings (SSSR count). The molecule has 0 unspecified atom stereocenters. The van der Waals surface area contributed by atoms with Crippen molar-refractivity contribution in [1.29, 1.82) is 0 Å². The summed E-state index contributed by atoms with van der Waals surface area (Å²) >= 11 is 0. The number of hydrogen-bond acceptors (Lipinski definition) is 6. The Bertz CT molecular complexity index is 802. The number of ketones is 1. The second-order valence-electron chi connectivity index (χ2n) is 7.45. The van der Waals surface area contributed by atoms with E-state index in [1.807, 2.05) is 30.5 Å². The standard InChI is InChI=1S/C23H29N3O3/c1-19(27)17-22(28)29-16-6-11-25-12-14-26(15-13-25)18-21-9-5-10-24-23(21)20-7-3-2-4-8-20/h2-5,7-10H,6,11-18H2,1H3. The molecule has 0 N–H and O–H groups in total. The minimum Gasteiger partial charge on any atom is -0.465 e. The van der Waals surface area contributed by atoms with Crippen LogP contribution in [-0.2, 0) is 20.9 Å². The topological polar surface area (TPSA) is 62.7 Å². The van der Waals surface area contributed by atoms with Crippen LogP contribution in [0.3, 0.4) is 0 Å². The summed E-state index contributed by atoms with van der Waals surface area (Å²) in [7, 11) is 0. The molecule has 0 saturated carbocycles. The molecule has 1 saturated heterocycles. The van der Waals surface area contributed by atoms with E-state index in [1.54, 1.807) is 0 Å². The first-order valence-corrected chi connectivity index (χ1v) is 10.2. The van der Waals surface area contributed by atoms with Gasteiger partial charge in [-0.1, -0.05) is 36.4 Å². The number of nitrogens with zero attached hydrogens (tertiary/aromatic N) is 3. The number of ether oxygens (including phenoxy) is 1. The summed E-state index contributed by atoms with van der Waals surface area (Å²) in [5.74, 6) is -0.580. The van der Waals surface area contributed by atoms with Crippen molar-refractivity contribution in [3.63, 3.8) is 0 Å². The lowest BCUT2D eigenvalue weighted by Crippen LogP contribution is -2.46.